The normalized spacial score (nSPS) is 9.32. The number of aldehydes is 1. The molecule has 1 aromatic carbocycles. The summed E-state index contributed by atoms with van der Waals surface area (Å²) in [5.41, 5.74) is 2.25. The first kappa shape index (κ1) is 19.9. The lowest BCUT2D eigenvalue weighted by molar-refractivity contribution is 0.0594. The highest BCUT2D eigenvalue weighted by Gasteiger charge is 2.22. The van der Waals surface area contributed by atoms with Crippen molar-refractivity contribution in [3.8, 4) is 5.75 Å². The molecule has 5 heteroatoms. The molecule has 0 aliphatic carbocycles. The number of methoxy groups -OCH3 is 2. The van der Waals surface area contributed by atoms with Crippen LogP contribution in [-0.2, 0) is 15.9 Å². The smallest absolute Gasteiger partial charge is 0.342 e. The third kappa shape index (κ3) is 5.00. The summed E-state index contributed by atoms with van der Waals surface area (Å²) in [6.45, 7) is 7.61. The molecule has 0 fully saturated rings. The van der Waals surface area contributed by atoms with Gasteiger partial charge in [0.25, 0.3) is 0 Å². The van der Waals surface area contributed by atoms with Gasteiger partial charge in [-0.25, -0.2) is 4.79 Å². The van der Waals surface area contributed by atoms with E-state index in [1.807, 2.05) is 13.8 Å². The fourth-order valence-electron chi connectivity index (χ4n) is 1.92. The second kappa shape index (κ2) is 10.6. The monoisotopic (exact) mass is 308 g/mol. The van der Waals surface area contributed by atoms with Gasteiger partial charge in [-0.15, -0.1) is 0 Å². The van der Waals surface area contributed by atoms with Crippen molar-refractivity contribution in [2.75, 3.05) is 27.9 Å². The van der Waals surface area contributed by atoms with Crippen molar-refractivity contribution in [2.45, 2.75) is 20.3 Å². The molecule has 22 heavy (non-hydrogen) atoms. The van der Waals surface area contributed by atoms with Gasteiger partial charge in [0.05, 0.1) is 7.11 Å². The molecule has 122 valence electrons. The van der Waals surface area contributed by atoms with Gasteiger partial charge in [0.2, 0.25) is 0 Å². The maximum Gasteiger partial charge on any atom is 0.342 e. The Bertz CT molecular complexity index is 520. The Morgan fingerprint density at radius 2 is 1.91 bits per heavy atom. The number of aryl methyl sites for hydroxylation is 1. The Kier molecular flexibility index (Phi) is 9.54. The van der Waals surface area contributed by atoms with E-state index in [-0.39, 0.29) is 12.2 Å². The molecule has 0 bridgehead atoms. The number of esters is 1. The summed E-state index contributed by atoms with van der Waals surface area (Å²) < 4.78 is 14.4. The average Bonchev–Trinajstić information content (AvgIpc) is 2.53. The third-order valence-electron chi connectivity index (χ3n) is 2.95. The summed E-state index contributed by atoms with van der Waals surface area (Å²) in [6, 6.07) is 1.78. The lowest BCUT2D eigenvalue weighted by Crippen LogP contribution is -2.12. The van der Waals surface area contributed by atoms with E-state index in [0.717, 1.165) is 17.5 Å². The first-order chi connectivity index (χ1) is 10.5. The van der Waals surface area contributed by atoms with Gasteiger partial charge in [-0.3, -0.25) is 4.79 Å². The van der Waals surface area contributed by atoms with E-state index in [0.29, 0.717) is 17.6 Å². The van der Waals surface area contributed by atoms with E-state index in [4.69, 9.17) is 9.47 Å². The van der Waals surface area contributed by atoms with Crippen molar-refractivity contribution in [1.29, 1.82) is 0 Å². The van der Waals surface area contributed by atoms with Crippen molar-refractivity contribution in [2.24, 2.45) is 0 Å². The number of carbonyl (C=O) groups excluding carboxylic acids is 2. The third-order valence-corrected chi connectivity index (χ3v) is 2.95. The van der Waals surface area contributed by atoms with Crippen LogP contribution in [0.5, 0.6) is 5.75 Å². The summed E-state index contributed by atoms with van der Waals surface area (Å²) in [6.07, 6.45) is 2.99. The van der Waals surface area contributed by atoms with Crippen LogP contribution in [0.2, 0.25) is 0 Å². The van der Waals surface area contributed by atoms with Crippen LogP contribution in [0.25, 0.3) is 0 Å². The molecule has 0 saturated carbocycles. The summed E-state index contributed by atoms with van der Waals surface area (Å²) in [5.74, 6) is -0.219. The highest BCUT2D eigenvalue weighted by Crippen LogP contribution is 2.29. The summed E-state index contributed by atoms with van der Waals surface area (Å²) >= 11 is 0. The average molecular weight is 308 g/mol. The Labute approximate surface area is 131 Å². The molecule has 1 aromatic rings. The molecular weight excluding hydrogens is 284 g/mol. The van der Waals surface area contributed by atoms with E-state index in [9.17, 15) is 9.59 Å². The molecule has 0 saturated heterocycles. The first-order valence-corrected chi connectivity index (χ1v) is 6.85. The van der Waals surface area contributed by atoms with Gasteiger partial charge in [0.15, 0.2) is 6.29 Å². The highest BCUT2D eigenvalue weighted by molar-refractivity contribution is 6.02. The van der Waals surface area contributed by atoms with Crippen molar-refractivity contribution < 1.29 is 23.8 Å². The molecule has 0 amide bonds. The summed E-state index contributed by atoms with van der Waals surface area (Å²) in [7, 11) is 4.53. The van der Waals surface area contributed by atoms with Crippen LogP contribution in [0.4, 0.5) is 0 Å². The lowest BCUT2D eigenvalue weighted by Gasteiger charge is -2.15. The fraction of sp³-hybridized carbons (Fsp3) is 0.412. The van der Waals surface area contributed by atoms with E-state index in [1.165, 1.54) is 7.11 Å². The predicted molar refractivity (Wildman–Crippen MR) is 85.9 cm³/mol. The molecule has 0 aromatic heterocycles. The SMILES string of the molecule is C=CCOc1cc(CC)c(C)c(C=O)c1C(=O)OC.COC. The van der Waals surface area contributed by atoms with Gasteiger partial charge in [0.1, 0.15) is 17.9 Å². The molecule has 0 aliphatic rings. The minimum absolute atomic E-state index is 0.175. The molecule has 1 rings (SSSR count). The molecule has 0 heterocycles. The van der Waals surface area contributed by atoms with Gasteiger partial charge in [-0.05, 0) is 30.5 Å². The molecule has 0 radical (unpaired) electrons. The largest absolute Gasteiger partial charge is 0.489 e. The number of hydrogen-bond acceptors (Lipinski definition) is 5. The van der Waals surface area contributed by atoms with Gasteiger partial charge in [0, 0.05) is 19.8 Å². The van der Waals surface area contributed by atoms with Crippen LogP contribution in [0.1, 0.15) is 38.8 Å². The van der Waals surface area contributed by atoms with Crippen molar-refractivity contribution in [3.63, 3.8) is 0 Å². The zero-order valence-electron chi connectivity index (χ0n) is 13.9. The zero-order chi connectivity index (χ0) is 17.1. The Balaban J connectivity index is 0.00000135. The van der Waals surface area contributed by atoms with Gasteiger partial charge < -0.3 is 14.2 Å². The number of carbonyl (C=O) groups is 2. The molecule has 0 N–H and O–H groups in total. The second-order valence-corrected chi connectivity index (χ2v) is 4.42. The maximum atomic E-state index is 11.8. The Morgan fingerprint density at radius 1 is 1.32 bits per heavy atom. The van der Waals surface area contributed by atoms with E-state index in [2.05, 4.69) is 11.3 Å². The standard InChI is InChI=1S/C15H18O4.C2H6O/c1-5-7-19-13-8-11(6-2)10(3)12(9-16)14(13)15(17)18-4;1-3-2/h5,8-9H,1,6-7H2,2-4H3;1-2H3. The second-order valence-electron chi connectivity index (χ2n) is 4.42. The molecule has 0 aliphatic heterocycles. The predicted octanol–water partition coefficient (Wildman–Crippen LogP) is 2.98. The minimum Gasteiger partial charge on any atom is -0.489 e. The molecular formula is C17H24O5. The zero-order valence-corrected chi connectivity index (χ0v) is 13.9. The van der Waals surface area contributed by atoms with E-state index >= 15 is 0 Å². The van der Waals surface area contributed by atoms with Crippen LogP contribution in [0, 0.1) is 6.92 Å². The van der Waals surface area contributed by atoms with E-state index in [1.54, 1.807) is 26.4 Å². The van der Waals surface area contributed by atoms with Crippen LogP contribution < -0.4 is 4.74 Å². The first-order valence-electron chi connectivity index (χ1n) is 6.85. The topological polar surface area (TPSA) is 61.8 Å². The lowest BCUT2D eigenvalue weighted by atomic mass is 9.95. The number of rotatable bonds is 6. The van der Waals surface area contributed by atoms with Crippen LogP contribution in [0.15, 0.2) is 18.7 Å². The molecule has 0 atom stereocenters. The van der Waals surface area contributed by atoms with E-state index < -0.39 is 5.97 Å². The van der Waals surface area contributed by atoms with Crippen LogP contribution in [0.3, 0.4) is 0 Å². The van der Waals surface area contributed by atoms with Crippen molar-refractivity contribution >= 4 is 12.3 Å². The van der Waals surface area contributed by atoms with Crippen LogP contribution >= 0.6 is 0 Å². The quantitative estimate of drug-likeness (QED) is 0.459. The summed E-state index contributed by atoms with van der Waals surface area (Å²) in [4.78, 5) is 23.1. The number of hydrogen-bond donors (Lipinski definition) is 0. The molecule has 0 spiro atoms. The van der Waals surface area contributed by atoms with Crippen LogP contribution in [-0.4, -0.2) is 40.2 Å². The van der Waals surface area contributed by atoms with Crippen molar-refractivity contribution in [1.82, 2.24) is 0 Å². The highest BCUT2D eigenvalue weighted by atomic mass is 16.5. The van der Waals surface area contributed by atoms with Gasteiger partial charge in [-0.1, -0.05) is 19.6 Å². The van der Waals surface area contributed by atoms with Gasteiger partial charge in [-0.2, -0.15) is 0 Å². The Hall–Kier alpha value is -2.14. The molecule has 5 nitrogen and oxygen atoms in total. The molecule has 0 unspecified atom stereocenters. The van der Waals surface area contributed by atoms with Crippen molar-refractivity contribution in [3.05, 3.63) is 41.0 Å². The Morgan fingerprint density at radius 3 is 2.32 bits per heavy atom. The van der Waals surface area contributed by atoms with Gasteiger partial charge >= 0.3 is 5.97 Å². The maximum absolute atomic E-state index is 11.8. The number of ether oxygens (including phenoxy) is 3. The number of benzene rings is 1. The fourth-order valence-corrected chi connectivity index (χ4v) is 1.92. The minimum atomic E-state index is -0.577. The summed E-state index contributed by atoms with van der Waals surface area (Å²) in [5, 5.41) is 0.